The maximum Gasteiger partial charge on any atom is 0.312 e. The van der Waals surface area contributed by atoms with Crippen LogP contribution in [0.5, 0.6) is 5.75 Å². The van der Waals surface area contributed by atoms with E-state index in [1.807, 2.05) is 0 Å². The van der Waals surface area contributed by atoms with Crippen molar-refractivity contribution in [2.45, 2.75) is 37.5 Å². The minimum Gasteiger partial charge on any atom is -0.501 e. The first-order chi connectivity index (χ1) is 9.00. The average Bonchev–Trinajstić information content (AvgIpc) is 2.42. The summed E-state index contributed by atoms with van der Waals surface area (Å²) in [6.07, 6.45) is 5.24. The minimum atomic E-state index is -0.559. The van der Waals surface area contributed by atoms with E-state index in [0.717, 1.165) is 31.2 Å². The standard InChI is InChI=1S/C13H17BrN2O3/c14-10-6-9(7-11(12(10)17)16(18)19)13(8-15)4-2-1-3-5-13/h6-7,17H,1-5,8,15H2. The molecule has 0 spiro atoms. The third-order valence-electron chi connectivity index (χ3n) is 4.05. The molecule has 0 bridgehead atoms. The highest BCUT2D eigenvalue weighted by Crippen LogP contribution is 2.44. The molecule has 0 amide bonds. The minimum absolute atomic E-state index is 0.195. The second-order valence-electron chi connectivity index (χ2n) is 5.13. The van der Waals surface area contributed by atoms with Gasteiger partial charge in [0.1, 0.15) is 0 Å². The Hall–Kier alpha value is -1.14. The van der Waals surface area contributed by atoms with Crippen LogP contribution in [0, 0.1) is 10.1 Å². The molecule has 6 heteroatoms. The monoisotopic (exact) mass is 328 g/mol. The number of nitro benzene ring substituents is 1. The number of nitrogens with zero attached hydrogens (tertiary/aromatic N) is 1. The van der Waals surface area contributed by atoms with Crippen LogP contribution < -0.4 is 5.73 Å². The van der Waals surface area contributed by atoms with Crippen molar-refractivity contribution in [1.82, 2.24) is 0 Å². The van der Waals surface area contributed by atoms with E-state index < -0.39 is 4.92 Å². The zero-order valence-corrected chi connectivity index (χ0v) is 12.1. The summed E-state index contributed by atoms with van der Waals surface area (Å²) in [6.45, 7) is 0.474. The predicted molar refractivity (Wildman–Crippen MR) is 76.3 cm³/mol. The maximum atomic E-state index is 11.0. The van der Waals surface area contributed by atoms with Crippen LogP contribution in [-0.2, 0) is 5.41 Å². The molecule has 0 aromatic heterocycles. The third kappa shape index (κ3) is 2.60. The molecule has 104 valence electrons. The normalized spacial score (nSPS) is 18.2. The lowest BCUT2D eigenvalue weighted by Crippen LogP contribution is -2.37. The molecule has 1 aliphatic carbocycles. The summed E-state index contributed by atoms with van der Waals surface area (Å²) in [6, 6.07) is 3.23. The summed E-state index contributed by atoms with van der Waals surface area (Å²) < 4.78 is 0.357. The second-order valence-corrected chi connectivity index (χ2v) is 5.98. The molecule has 1 aromatic carbocycles. The average molecular weight is 329 g/mol. The predicted octanol–water partition coefficient (Wildman–Crippen LogP) is 3.22. The topological polar surface area (TPSA) is 89.4 Å². The number of nitrogens with two attached hydrogens (primary N) is 1. The third-order valence-corrected chi connectivity index (χ3v) is 4.66. The number of aromatic hydroxyl groups is 1. The van der Waals surface area contributed by atoms with Crippen molar-refractivity contribution in [2.24, 2.45) is 5.73 Å². The fraction of sp³-hybridized carbons (Fsp3) is 0.538. The fourth-order valence-electron chi connectivity index (χ4n) is 2.87. The van der Waals surface area contributed by atoms with E-state index in [0.29, 0.717) is 11.0 Å². The molecule has 3 N–H and O–H groups in total. The van der Waals surface area contributed by atoms with Crippen LogP contribution >= 0.6 is 15.9 Å². The van der Waals surface area contributed by atoms with Crippen LogP contribution in [0.4, 0.5) is 5.69 Å². The van der Waals surface area contributed by atoms with Gasteiger partial charge in [0.05, 0.1) is 9.40 Å². The molecular weight excluding hydrogens is 312 g/mol. The quantitative estimate of drug-likeness (QED) is 0.658. The summed E-state index contributed by atoms with van der Waals surface area (Å²) >= 11 is 3.19. The lowest BCUT2D eigenvalue weighted by atomic mass is 9.69. The van der Waals surface area contributed by atoms with Crippen LogP contribution in [-0.4, -0.2) is 16.6 Å². The molecule has 0 atom stereocenters. The van der Waals surface area contributed by atoms with Crippen molar-refractivity contribution in [3.8, 4) is 5.75 Å². The van der Waals surface area contributed by atoms with E-state index in [1.165, 1.54) is 12.5 Å². The molecule has 0 aliphatic heterocycles. The molecule has 19 heavy (non-hydrogen) atoms. The summed E-state index contributed by atoms with van der Waals surface area (Å²) in [5, 5.41) is 20.7. The smallest absolute Gasteiger partial charge is 0.312 e. The number of phenols is 1. The fourth-order valence-corrected chi connectivity index (χ4v) is 3.32. The molecule has 0 radical (unpaired) electrons. The Morgan fingerprint density at radius 2 is 2.00 bits per heavy atom. The highest BCUT2D eigenvalue weighted by atomic mass is 79.9. The van der Waals surface area contributed by atoms with Gasteiger partial charge in [-0.25, -0.2) is 0 Å². The Kier molecular flexibility index (Phi) is 4.10. The van der Waals surface area contributed by atoms with Crippen LogP contribution in [0.1, 0.15) is 37.7 Å². The van der Waals surface area contributed by atoms with Crippen LogP contribution in [0.25, 0.3) is 0 Å². The molecular formula is C13H17BrN2O3. The van der Waals surface area contributed by atoms with Crippen molar-refractivity contribution in [3.05, 3.63) is 32.3 Å². The van der Waals surface area contributed by atoms with Crippen LogP contribution in [0.2, 0.25) is 0 Å². The SMILES string of the molecule is NCC1(c2cc(Br)c(O)c([N+](=O)[O-])c2)CCCCC1. The van der Waals surface area contributed by atoms with Crippen molar-refractivity contribution >= 4 is 21.6 Å². The van der Waals surface area contributed by atoms with Gasteiger partial charge in [-0.05, 0) is 40.4 Å². The van der Waals surface area contributed by atoms with Gasteiger partial charge in [-0.3, -0.25) is 10.1 Å². The number of nitro groups is 1. The number of benzene rings is 1. The first-order valence-corrected chi connectivity index (χ1v) is 7.17. The Morgan fingerprint density at radius 3 is 2.53 bits per heavy atom. The molecule has 1 saturated carbocycles. The van der Waals surface area contributed by atoms with Gasteiger partial charge in [-0.1, -0.05) is 19.3 Å². The van der Waals surface area contributed by atoms with E-state index >= 15 is 0 Å². The Labute approximate surface area is 120 Å². The van der Waals surface area contributed by atoms with Gasteiger partial charge in [-0.15, -0.1) is 0 Å². The van der Waals surface area contributed by atoms with E-state index in [9.17, 15) is 15.2 Å². The summed E-state index contributed by atoms with van der Waals surface area (Å²) in [5.41, 5.74) is 6.33. The molecule has 0 unspecified atom stereocenters. The molecule has 1 aliphatic rings. The zero-order valence-electron chi connectivity index (χ0n) is 10.6. The van der Waals surface area contributed by atoms with Gasteiger partial charge in [0.2, 0.25) is 5.75 Å². The van der Waals surface area contributed by atoms with E-state index in [1.54, 1.807) is 6.07 Å². The van der Waals surface area contributed by atoms with Crippen LogP contribution in [0.3, 0.4) is 0 Å². The first kappa shape index (κ1) is 14.3. The lowest BCUT2D eigenvalue weighted by molar-refractivity contribution is -0.386. The number of hydrogen-bond acceptors (Lipinski definition) is 4. The molecule has 5 nitrogen and oxygen atoms in total. The van der Waals surface area contributed by atoms with Gasteiger partial charge in [-0.2, -0.15) is 0 Å². The van der Waals surface area contributed by atoms with Crippen molar-refractivity contribution < 1.29 is 10.0 Å². The maximum absolute atomic E-state index is 11.0. The molecule has 1 fully saturated rings. The van der Waals surface area contributed by atoms with Crippen LogP contribution in [0.15, 0.2) is 16.6 Å². The Balaban J connectivity index is 2.52. The largest absolute Gasteiger partial charge is 0.501 e. The van der Waals surface area contributed by atoms with Crippen molar-refractivity contribution in [1.29, 1.82) is 0 Å². The van der Waals surface area contributed by atoms with Gasteiger partial charge in [0, 0.05) is 18.0 Å². The lowest BCUT2D eigenvalue weighted by Gasteiger charge is -2.36. The molecule has 2 rings (SSSR count). The van der Waals surface area contributed by atoms with Crippen molar-refractivity contribution in [3.63, 3.8) is 0 Å². The first-order valence-electron chi connectivity index (χ1n) is 6.37. The van der Waals surface area contributed by atoms with Gasteiger partial charge < -0.3 is 10.8 Å². The van der Waals surface area contributed by atoms with E-state index in [-0.39, 0.29) is 16.9 Å². The summed E-state index contributed by atoms with van der Waals surface area (Å²) in [7, 11) is 0. The summed E-state index contributed by atoms with van der Waals surface area (Å²) in [5.74, 6) is -0.322. The molecule has 0 heterocycles. The second kappa shape index (κ2) is 5.46. The molecule has 1 aromatic rings. The number of hydrogen-bond donors (Lipinski definition) is 2. The highest BCUT2D eigenvalue weighted by molar-refractivity contribution is 9.10. The van der Waals surface area contributed by atoms with Gasteiger partial charge >= 0.3 is 5.69 Å². The highest BCUT2D eigenvalue weighted by Gasteiger charge is 2.35. The number of halogens is 1. The number of rotatable bonds is 3. The van der Waals surface area contributed by atoms with E-state index in [2.05, 4.69) is 15.9 Å². The summed E-state index contributed by atoms with van der Waals surface area (Å²) in [4.78, 5) is 10.4. The van der Waals surface area contributed by atoms with E-state index in [4.69, 9.17) is 5.73 Å². The van der Waals surface area contributed by atoms with Gasteiger partial charge in [0.25, 0.3) is 0 Å². The Bertz CT molecular complexity index is 499. The number of phenolic OH excluding ortho intramolecular Hbond substituents is 1. The van der Waals surface area contributed by atoms with Crippen molar-refractivity contribution in [2.75, 3.05) is 6.54 Å². The molecule has 0 saturated heterocycles. The Morgan fingerprint density at radius 1 is 1.37 bits per heavy atom. The van der Waals surface area contributed by atoms with Gasteiger partial charge in [0.15, 0.2) is 0 Å². The zero-order chi connectivity index (χ0) is 14.0.